The predicted octanol–water partition coefficient (Wildman–Crippen LogP) is 4.52. The fourth-order valence-electron chi connectivity index (χ4n) is 2.89. The topological polar surface area (TPSA) is 66.7 Å². The molecule has 9 heteroatoms. The van der Waals surface area contributed by atoms with Gasteiger partial charge in [0.15, 0.2) is 0 Å². The van der Waals surface area contributed by atoms with Crippen molar-refractivity contribution in [3.05, 3.63) is 67.1 Å². The SMILES string of the molecule is O=C(c1ccc(Cl)cc1Cl)N1CCN(c2ccc(Cl)cc2[N+](=O)[O-])CC1. The number of amides is 1. The minimum atomic E-state index is -0.452. The van der Waals surface area contributed by atoms with E-state index in [0.717, 1.165) is 0 Å². The molecule has 0 saturated carbocycles. The van der Waals surface area contributed by atoms with Crippen LogP contribution >= 0.6 is 34.8 Å². The Morgan fingerprint density at radius 3 is 2.19 bits per heavy atom. The van der Waals surface area contributed by atoms with Crippen molar-refractivity contribution in [1.29, 1.82) is 0 Å². The first kappa shape index (κ1) is 18.8. The number of carbonyl (C=O) groups is 1. The van der Waals surface area contributed by atoms with Gasteiger partial charge in [0.1, 0.15) is 5.69 Å². The van der Waals surface area contributed by atoms with Crippen molar-refractivity contribution in [3.8, 4) is 0 Å². The molecule has 1 heterocycles. The molecule has 1 aliphatic heterocycles. The summed E-state index contributed by atoms with van der Waals surface area (Å²) in [7, 11) is 0. The second kappa shape index (κ2) is 7.70. The van der Waals surface area contributed by atoms with E-state index in [4.69, 9.17) is 34.8 Å². The van der Waals surface area contributed by atoms with Gasteiger partial charge in [-0.1, -0.05) is 34.8 Å². The molecular weight excluding hydrogens is 401 g/mol. The van der Waals surface area contributed by atoms with Crippen molar-refractivity contribution in [2.75, 3.05) is 31.1 Å². The number of nitro groups is 1. The molecule has 3 rings (SSSR count). The molecule has 1 fully saturated rings. The maximum atomic E-state index is 12.6. The third kappa shape index (κ3) is 3.87. The van der Waals surface area contributed by atoms with Crippen LogP contribution in [0.4, 0.5) is 11.4 Å². The van der Waals surface area contributed by atoms with E-state index in [1.165, 1.54) is 12.1 Å². The molecule has 0 aromatic heterocycles. The normalized spacial score (nSPS) is 14.4. The van der Waals surface area contributed by atoms with E-state index in [9.17, 15) is 14.9 Å². The van der Waals surface area contributed by atoms with Crippen LogP contribution in [-0.4, -0.2) is 41.9 Å². The molecule has 0 bridgehead atoms. The molecule has 2 aromatic rings. The van der Waals surface area contributed by atoms with E-state index in [2.05, 4.69) is 0 Å². The Bertz CT molecular complexity index is 868. The summed E-state index contributed by atoms with van der Waals surface area (Å²) < 4.78 is 0. The van der Waals surface area contributed by atoms with Crippen molar-refractivity contribution in [2.24, 2.45) is 0 Å². The fourth-order valence-corrected chi connectivity index (χ4v) is 3.55. The Labute approximate surface area is 165 Å². The van der Waals surface area contributed by atoms with Gasteiger partial charge in [-0.3, -0.25) is 14.9 Å². The molecule has 6 nitrogen and oxygen atoms in total. The lowest BCUT2D eigenvalue weighted by molar-refractivity contribution is -0.384. The summed E-state index contributed by atoms with van der Waals surface area (Å²) in [6, 6.07) is 9.34. The first-order valence-corrected chi connectivity index (χ1v) is 8.93. The molecule has 0 radical (unpaired) electrons. The van der Waals surface area contributed by atoms with E-state index >= 15 is 0 Å². The number of piperazine rings is 1. The van der Waals surface area contributed by atoms with Crippen LogP contribution in [0.25, 0.3) is 0 Å². The Balaban J connectivity index is 1.73. The summed E-state index contributed by atoms with van der Waals surface area (Å²) in [5.74, 6) is -0.183. The van der Waals surface area contributed by atoms with E-state index in [1.54, 1.807) is 29.2 Å². The number of nitrogens with zero attached hydrogens (tertiary/aromatic N) is 3. The average molecular weight is 415 g/mol. The van der Waals surface area contributed by atoms with Gasteiger partial charge < -0.3 is 9.80 Å². The van der Waals surface area contributed by atoms with E-state index in [1.807, 2.05) is 4.90 Å². The van der Waals surface area contributed by atoms with Crippen molar-refractivity contribution in [1.82, 2.24) is 4.90 Å². The maximum Gasteiger partial charge on any atom is 0.294 e. The van der Waals surface area contributed by atoms with Gasteiger partial charge in [0.05, 0.1) is 15.5 Å². The quantitative estimate of drug-likeness (QED) is 0.547. The molecule has 0 spiro atoms. The minimum absolute atomic E-state index is 0.0435. The monoisotopic (exact) mass is 413 g/mol. The summed E-state index contributed by atoms with van der Waals surface area (Å²) >= 11 is 17.8. The number of halogens is 3. The number of nitro benzene ring substituents is 1. The maximum absolute atomic E-state index is 12.6. The van der Waals surface area contributed by atoms with Gasteiger partial charge in [-0.2, -0.15) is 0 Å². The Hall–Kier alpha value is -2.02. The largest absolute Gasteiger partial charge is 0.362 e. The molecule has 26 heavy (non-hydrogen) atoms. The summed E-state index contributed by atoms with van der Waals surface area (Å²) in [5.41, 5.74) is 0.844. The van der Waals surface area contributed by atoms with E-state index < -0.39 is 4.92 Å². The third-order valence-corrected chi connectivity index (χ3v) is 4.99. The van der Waals surface area contributed by atoms with Gasteiger partial charge in [-0.25, -0.2) is 0 Å². The lowest BCUT2D eigenvalue weighted by atomic mass is 10.1. The van der Waals surface area contributed by atoms with Gasteiger partial charge in [0, 0.05) is 42.3 Å². The highest BCUT2D eigenvalue weighted by Crippen LogP contribution is 2.32. The molecule has 1 aliphatic rings. The lowest BCUT2D eigenvalue weighted by Crippen LogP contribution is -2.49. The Morgan fingerprint density at radius 2 is 1.58 bits per heavy atom. The first-order chi connectivity index (χ1) is 12.4. The highest BCUT2D eigenvalue weighted by molar-refractivity contribution is 6.36. The highest BCUT2D eigenvalue weighted by atomic mass is 35.5. The van der Waals surface area contributed by atoms with Gasteiger partial charge in [0.25, 0.3) is 11.6 Å². The summed E-state index contributed by atoms with van der Waals surface area (Å²) in [5, 5.41) is 12.3. The molecule has 1 saturated heterocycles. The molecular formula is C17H14Cl3N3O3. The summed E-state index contributed by atoms with van der Waals surface area (Å²) in [6.07, 6.45) is 0. The average Bonchev–Trinajstić information content (AvgIpc) is 2.61. The molecule has 1 amide bonds. The second-order valence-electron chi connectivity index (χ2n) is 5.79. The van der Waals surface area contributed by atoms with Crippen LogP contribution in [0, 0.1) is 10.1 Å². The summed E-state index contributed by atoms with van der Waals surface area (Å²) in [6.45, 7) is 1.80. The number of benzene rings is 2. The van der Waals surface area contributed by atoms with Crippen LogP contribution in [0.5, 0.6) is 0 Å². The number of hydrogen-bond donors (Lipinski definition) is 0. The number of hydrogen-bond acceptors (Lipinski definition) is 4. The van der Waals surface area contributed by atoms with Crippen molar-refractivity contribution in [2.45, 2.75) is 0 Å². The first-order valence-electron chi connectivity index (χ1n) is 7.80. The van der Waals surface area contributed by atoms with E-state index in [0.29, 0.717) is 52.5 Å². The standard InChI is InChI=1S/C17H14Cl3N3O3/c18-11-1-3-13(14(20)9-11)17(24)22-7-5-21(6-8-22)15-4-2-12(19)10-16(15)23(25)26/h1-4,9-10H,5-8H2. The second-order valence-corrected chi connectivity index (χ2v) is 7.07. The molecule has 136 valence electrons. The van der Waals surface area contributed by atoms with Crippen LogP contribution in [0.3, 0.4) is 0 Å². The molecule has 2 aromatic carbocycles. The van der Waals surface area contributed by atoms with Crippen LogP contribution in [0.2, 0.25) is 15.1 Å². The molecule has 0 unspecified atom stereocenters. The van der Waals surface area contributed by atoms with Crippen molar-refractivity contribution >= 4 is 52.1 Å². The van der Waals surface area contributed by atoms with Gasteiger partial charge in [-0.15, -0.1) is 0 Å². The van der Waals surface area contributed by atoms with Crippen molar-refractivity contribution in [3.63, 3.8) is 0 Å². The Morgan fingerprint density at radius 1 is 0.962 bits per heavy atom. The van der Waals surface area contributed by atoms with Gasteiger partial charge in [-0.05, 0) is 30.3 Å². The number of rotatable bonds is 3. The number of carbonyl (C=O) groups excluding carboxylic acids is 1. The predicted molar refractivity (Wildman–Crippen MR) is 103 cm³/mol. The minimum Gasteiger partial charge on any atom is -0.362 e. The molecule has 0 N–H and O–H groups in total. The third-order valence-electron chi connectivity index (χ3n) is 4.20. The zero-order chi connectivity index (χ0) is 18.8. The zero-order valence-electron chi connectivity index (χ0n) is 13.5. The zero-order valence-corrected chi connectivity index (χ0v) is 15.8. The summed E-state index contributed by atoms with van der Waals surface area (Å²) in [4.78, 5) is 27.0. The van der Waals surface area contributed by atoms with Crippen LogP contribution in [0.15, 0.2) is 36.4 Å². The van der Waals surface area contributed by atoms with E-state index in [-0.39, 0.29) is 11.6 Å². The fraction of sp³-hybridized carbons (Fsp3) is 0.235. The smallest absolute Gasteiger partial charge is 0.294 e. The molecule has 0 aliphatic carbocycles. The van der Waals surface area contributed by atoms with Crippen LogP contribution < -0.4 is 4.90 Å². The van der Waals surface area contributed by atoms with Crippen LogP contribution in [0.1, 0.15) is 10.4 Å². The highest BCUT2D eigenvalue weighted by Gasteiger charge is 2.27. The van der Waals surface area contributed by atoms with Crippen LogP contribution in [-0.2, 0) is 0 Å². The number of anilines is 1. The molecule has 0 atom stereocenters. The van der Waals surface area contributed by atoms with Gasteiger partial charge >= 0.3 is 0 Å². The van der Waals surface area contributed by atoms with Gasteiger partial charge in [0.2, 0.25) is 0 Å². The Kier molecular flexibility index (Phi) is 5.55. The van der Waals surface area contributed by atoms with Crippen molar-refractivity contribution < 1.29 is 9.72 Å². The lowest BCUT2D eigenvalue weighted by Gasteiger charge is -2.36.